The zero-order chi connectivity index (χ0) is 16.6. The molecule has 0 aromatic heterocycles. The number of Topliss-reactive ketones (excluding diaryl/α,β-unsaturated/α-hetero) is 1. The van der Waals surface area contributed by atoms with Crippen LogP contribution in [0.5, 0.6) is 0 Å². The number of rotatable bonds is 5. The summed E-state index contributed by atoms with van der Waals surface area (Å²) in [5, 5.41) is 0. The van der Waals surface area contributed by atoms with E-state index in [0.717, 1.165) is 12.0 Å². The van der Waals surface area contributed by atoms with Gasteiger partial charge in [-0.3, -0.25) is 4.79 Å². The molecule has 1 aliphatic rings. The van der Waals surface area contributed by atoms with Gasteiger partial charge >= 0.3 is 0 Å². The van der Waals surface area contributed by atoms with Crippen molar-refractivity contribution in [3.05, 3.63) is 24.8 Å². The van der Waals surface area contributed by atoms with Crippen LogP contribution in [0, 0.1) is 17.3 Å². The molecule has 120 valence electrons. The largest absolute Gasteiger partial charge is 0.411 e. The van der Waals surface area contributed by atoms with Crippen molar-refractivity contribution >= 4 is 14.1 Å². The lowest BCUT2D eigenvalue weighted by Gasteiger charge is -2.55. The van der Waals surface area contributed by atoms with Crippen molar-refractivity contribution in [3.8, 4) is 0 Å². The van der Waals surface area contributed by atoms with Crippen molar-refractivity contribution in [3.63, 3.8) is 0 Å². The minimum atomic E-state index is -1.79. The summed E-state index contributed by atoms with van der Waals surface area (Å²) < 4.78 is 6.63. The standard InChI is InChI=1S/C18H32O2Si/c1-10-11-18(20-21(7,8)9)12-15(13(2)3)14(4)16(19)17(18,5)6/h10,14-15H,1-2,11-12H2,3-9H3/t14-,15-,18-/m1/s1. The summed E-state index contributed by atoms with van der Waals surface area (Å²) in [6.07, 6.45) is 3.48. The van der Waals surface area contributed by atoms with Crippen molar-refractivity contribution in [1.29, 1.82) is 0 Å². The van der Waals surface area contributed by atoms with Gasteiger partial charge in [0.25, 0.3) is 0 Å². The molecule has 3 atom stereocenters. The summed E-state index contributed by atoms with van der Waals surface area (Å²) in [6.45, 7) is 22.7. The van der Waals surface area contributed by atoms with Crippen molar-refractivity contribution in [2.75, 3.05) is 0 Å². The Hall–Kier alpha value is -0.673. The highest BCUT2D eigenvalue weighted by Gasteiger charge is 2.58. The number of carbonyl (C=O) groups is 1. The summed E-state index contributed by atoms with van der Waals surface area (Å²) >= 11 is 0. The van der Waals surface area contributed by atoms with Crippen LogP contribution in [-0.4, -0.2) is 19.7 Å². The molecule has 3 heteroatoms. The molecule has 2 nitrogen and oxygen atoms in total. The van der Waals surface area contributed by atoms with E-state index in [-0.39, 0.29) is 11.8 Å². The van der Waals surface area contributed by atoms with E-state index in [0.29, 0.717) is 12.2 Å². The van der Waals surface area contributed by atoms with Crippen molar-refractivity contribution < 1.29 is 9.22 Å². The van der Waals surface area contributed by atoms with Crippen LogP contribution in [0.4, 0.5) is 0 Å². The van der Waals surface area contributed by atoms with E-state index in [9.17, 15) is 4.79 Å². The third kappa shape index (κ3) is 3.40. The minimum Gasteiger partial charge on any atom is -0.411 e. The predicted octanol–water partition coefficient (Wildman–Crippen LogP) is 4.98. The van der Waals surface area contributed by atoms with E-state index in [1.54, 1.807) is 0 Å². The second-order valence-corrected chi connectivity index (χ2v) is 12.6. The van der Waals surface area contributed by atoms with Crippen molar-refractivity contribution in [1.82, 2.24) is 0 Å². The fourth-order valence-corrected chi connectivity index (χ4v) is 5.33. The molecule has 21 heavy (non-hydrogen) atoms. The first-order chi connectivity index (χ1) is 9.38. The van der Waals surface area contributed by atoms with Gasteiger partial charge < -0.3 is 4.43 Å². The average Bonchev–Trinajstić information content (AvgIpc) is 2.30. The Labute approximate surface area is 131 Å². The number of hydrogen-bond donors (Lipinski definition) is 0. The fourth-order valence-electron chi connectivity index (χ4n) is 3.73. The highest BCUT2D eigenvalue weighted by molar-refractivity contribution is 6.69. The quantitative estimate of drug-likeness (QED) is 0.529. The van der Waals surface area contributed by atoms with Crippen LogP contribution in [0.15, 0.2) is 24.8 Å². The second-order valence-electron chi connectivity index (χ2n) is 8.14. The summed E-state index contributed by atoms with van der Waals surface area (Å²) in [5.74, 6) is 0.504. The molecule has 1 aliphatic carbocycles. The summed E-state index contributed by atoms with van der Waals surface area (Å²) in [6, 6.07) is 0. The van der Waals surface area contributed by atoms with Crippen LogP contribution in [0.3, 0.4) is 0 Å². The van der Waals surface area contributed by atoms with E-state index in [1.807, 2.05) is 33.8 Å². The maximum absolute atomic E-state index is 13.0. The number of carbonyl (C=O) groups excluding carboxylic acids is 1. The van der Waals surface area contributed by atoms with Crippen LogP contribution in [0.25, 0.3) is 0 Å². The van der Waals surface area contributed by atoms with E-state index in [1.165, 1.54) is 0 Å². The molecule has 0 bridgehead atoms. The Morgan fingerprint density at radius 1 is 1.43 bits per heavy atom. The fraction of sp³-hybridized carbons (Fsp3) is 0.722. The first kappa shape index (κ1) is 18.4. The third-order valence-electron chi connectivity index (χ3n) is 4.93. The Morgan fingerprint density at radius 3 is 2.33 bits per heavy atom. The SMILES string of the molecule is C=CC[C@@]1(O[Si](C)(C)C)C[C@H](C(=C)C)[C@@H](C)C(=O)C1(C)C. The smallest absolute Gasteiger partial charge is 0.184 e. The van der Waals surface area contributed by atoms with E-state index < -0.39 is 19.3 Å². The minimum absolute atomic E-state index is 0.0145. The van der Waals surface area contributed by atoms with E-state index in [2.05, 4.69) is 32.8 Å². The highest BCUT2D eigenvalue weighted by Crippen LogP contribution is 2.52. The zero-order valence-electron chi connectivity index (χ0n) is 14.9. The van der Waals surface area contributed by atoms with Crippen molar-refractivity contribution in [2.24, 2.45) is 17.3 Å². The second kappa shape index (κ2) is 5.84. The normalized spacial score (nSPS) is 32.8. The Balaban J connectivity index is 3.39. The maximum atomic E-state index is 13.0. The van der Waals surface area contributed by atoms with Gasteiger partial charge in [0.2, 0.25) is 0 Å². The maximum Gasteiger partial charge on any atom is 0.184 e. The van der Waals surface area contributed by atoms with Crippen molar-refractivity contribution in [2.45, 2.75) is 65.8 Å². The van der Waals surface area contributed by atoms with Gasteiger partial charge in [-0.25, -0.2) is 0 Å². The molecule has 0 radical (unpaired) electrons. The zero-order valence-corrected chi connectivity index (χ0v) is 15.9. The van der Waals surface area contributed by atoms with Crippen LogP contribution < -0.4 is 0 Å². The predicted molar refractivity (Wildman–Crippen MR) is 92.8 cm³/mol. The molecule has 1 fully saturated rings. The molecule has 0 heterocycles. The Kier molecular flexibility index (Phi) is 5.11. The average molecular weight is 309 g/mol. The van der Waals surface area contributed by atoms with Gasteiger partial charge in [-0.1, -0.05) is 39.0 Å². The topological polar surface area (TPSA) is 26.3 Å². The van der Waals surface area contributed by atoms with Gasteiger partial charge in [-0.05, 0) is 45.3 Å². The first-order valence-electron chi connectivity index (χ1n) is 7.89. The van der Waals surface area contributed by atoms with Gasteiger partial charge in [0.1, 0.15) is 5.78 Å². The molecule has 0 spiro atoms. The molecule has 0 amide bonds. The molecule has 0 aromatic carbocycles. The molecule has 1 saturated carbocycles. The van der Waals surface area contributed by atoms with E-state index in [4.69, 9.17) is 4.43 Å². The summed E-state index contributed by atoms with van der Waals surface area (Å²) in [4.78, 5) is 13.0. The Morgan fingerprint density at radius 2 is 1.95 bits per heavy atom. The monoisotopic (exact) mass is 308 g/mol. The molecule has 0 aromatic rings. The summed E-state index contributed by atoms with van der Waals surface area (Å²) in [7, 11) is -1.79. The highest BCUT2D eigenvalue weighted by atomic mass is 28.4. The molecular weight excluding hydrogens is 276 g/mol. The van der Waals surface area contributed by atoms with Crippen LogP contribution >= 0.6 is 0 Å². The van der Waals surface area contributed by atoms with Gasteiger partial charge in [0.15, 0.2) is 8.32 Å². The molecule has 0 N–H and O–H groups in total. The van der Waals surface area contributed by atoms with Crippen LogP contribution in [0.1, 0.15) is 40.5 Å². The third-order valence-corrected chi connectivity index (χ3v) is 5.93. The van der Waals surface area contributed by atoms with Crippen LogP contribution in [-0.2, 0) is 9.22 Å². The molecule has 0 aliphatic heterocycles. The lowest BCUT2D eigenvalue weighted by atomic mass is 9.56. The lowest BCUT2D eigenvalue weighted by molar-refractivity contribution is -0.158. The van der Waals surface area contributed by atoms with Crippen LogP contribution in [0.2, 0.25) is 19.6 Å². The number of ketones is 1. The lowest BCUT2D eigenvalue weighted by Crippen LogP contribution is -2.61. The number of allylic oxidation sites excluding steroid dienone is 1. The molecule has 0 unspecified atom stereocenters. The Bertz CT molecular complexity index is 445. The number of hydrogen-bond acceptors (Lipinski definition) is 2. The molecular formula is C18H32O2Si. The van der Waals surface area contributed by atoms with Gasteiger partial charge in [0, 0.05) is 5.92 Å². The first-order valence-corrected chi connectivity index (χ1v) is 11.3. The van der Waals surface area contributed by atoms with Gasteiger partial charge in [-0.15, -0.1) is 6.58 Å². The summed E-state index contributed by atoms with van der Waals surface area (Å²) in [5.41, 5.74) is 0.137. The molecule has 0 saturated heterocycles. The van der Waals surface area contributed by atoms with Gasteiger partial charge in [0.05, 0.1) is 11.0 Å². The van der Waals surface area contributed by atoms with Gasteiger partial charge in [-0.2, -0.15) is 0 Å². The molecule has 1 rings (SSSR count). The van der Waals surface area contributed by atoms with E-state index >= 15 is 0 Å².